The van der Waals surface area contributed by atoms with Crippen LogP contribution in [0.2, 0.25) is 0 Å². The molecule has 1 amide bonds. The van der Waals surface area contributed by atoms with E-state index in [-0.39, 0.29) is 6.42 Å². The standard InChI is InChI=1S/C20H21F2NO4S/c1-12-4-9-17(26-3)14(10-12)11-18(24)27-13(2)19(25)23-15-5-7-16(8-6-15)28-20(21)22/h4-10,13,20H,11H2,1-3H3,(H,23,25)/t13-/m1/s1. The summed E-state index contributed by atoms with van der Waals surface area (Å²) in [7, 11) is 1.51. The fourth-order valence-electron chi connectivity index (χ4n) is 2.46. The van der Waals surface area contributed by atoms with E-state index < -0.39 is 23.7 Å². The van der Waals surface area contributed by atoms with Crippen LogP contribution in [-0.2, 0) is 20.7 Å². The summed E-state index contributed by atoms with van der Waals surface area (Å²) in [5.41, 5.74) is 2.07. The highest BCUT2D eigenvalue weighted by Gasteiger charge is 2.19. The summed E-state index contributed by atoms with van der Waals surface area (Å²) in [5, 5.41) is 2.59. The van der Waals surface area contributed by atoms with Gasteiger partial charge in [0.2, 0.25) is 0 Å². The number of anilines is 1. The number of alkyl halides is 2. The minimum absolute atomic E-state index is 0.0258. The summed E-state index contributed by atoms with van der Waals surface area (Å²) in [6, 6.07) is 11.4. The lowest BCUT2D eigenvalue weighted by atomic mass is 10.1. The quantitative estimate of drug-likeness (QED) is 0.516. The summed E-state index contributed by atoms with van der Waals surface area (Å²) in [4.78, 5) is 24.8. The molecule has 0 radical (unpaired) electrons. The number of methoxy groups -OCH3 is 1. The molecule has 2 rings (SSSR count). The molecule has 0 fully saturated rings. The lowest BCUT2D eigenvalue weighted by molar-refractivity contribution is -0.152. The molecule has 0 heterocycles. The van der Waals surface area contributed by atoms with Crippen molar-refractivity contribution in [3.05, 3.63) is 53.6 Å². The number of halogens is 2. The van der Waals surface area contributed by atoms with Crippen LogP contribution in [0.5, 0.6) is 5.75 Å². The maximum absolute atomic E-state index is 12.3. The van der Waals surface area contributed by atoms with E-state index in [1.54, 1.807) is 6.07 Å². The van der Waals surface area contributed by atoms with E-state index in [1.165, 1.54) is 38.3 Å². The zero-order valence-electron chi connectivity index (χ0n) is 15.7. The van der Waals surface area contributed by atoms with Crippen molar-refractivity contribution >= 4 is 29.3 Å². The number of carbonyl (C=O) groups excluding carboxylic acids is 2. The predicted molar refractivity (Wildman–Crippen MR) is 104 cm³/mol. The number of amides is 1. The number of esters is 1. The van der Waals surface area contributed by atoms with Crippen molar-refractivity contribution in [2.75, 3.05) is 12.4 Å². The van der Waals surface area contributed by atoms with E-state index in [0.29, 0.717) is 33.7 Å². The number of hydrogen-bond donors (Lipinski definition) is 1. The van der Waals surface area contributed by atoms with E-state index >= 15 is 0 Å². The molecule has 28 heavy (non-hydrogen) atoms. The molecular weight excluding hydrogens is 388 g/mol. The number of rotatable bonds is 8. The van der Waals surface area contributed by atoms with Gasteiger partial charge in [-0.25, -0.2) is 0 Å². The smallest absolute Gasteiger partial charge is 0.311 e. The van der Waals surface area contributed by atoms with E-state index in [1.807, 2.05) is 19.1 Å². The van der Waals surface area contributed by atoms with Crippen LogP contribution in [0.3, 0.4) is 0 Å². The van der Waals surface area contributed by atoms with E-state index in [0.717, 1.165) is 5.56 Å². The second-order valence-electron chi connectivity index (χ2n) is 6.02. The van der Waals surface area contributed by atoms with Gasteiger partial charge in [-0.3, -0.25) is 9.59 Å². The Kier molecular flexibility index (Phi) is 7.80. The molecule has 1 atom stereocenters. The molecule has 150 valence electrons. The van der Waals surface area contributed by atoms with Gasteiger partial charge < -0.3 is 14.8 Å². The number of hydrogen-bond acceptors (Lipinski definition) is 5. The minimum atomic E-state index is -2.51. The zero-order chi connectivity index (χ0) is 20.7. The zero-order valence-corrected chi connectivity index (χ0v) is 16.5. The Bertz CT molecular complexity index is 827. The Morgan fingerprint density at radius 1 is 1.14 bits per heavy atom. The Labute approximate surface area is 166 Å². The summed E-state index contributed by atoms with van der Waals surface area (Å²) in [5.74, 6) is -3.01. The number of carbonyl (C=O) groups is 2. The van der Waals surface area contributed by atoms with Gasteiger partial charge in [-0.05, 0) is 44.2 Å². The Morgan fingerprint density at radius 3 is 2.43 bits per heavy atom. The highest BCUT2D eigenvalue weighted by molar-refractivity contribution is 7.99. The third kappa shape index (κ3) is 6.53. The Morgan fingerprint density at radius 2 is 1.82 bits per heavy atom. The van der Waals surface area contributed by atoms with Crippen LogP contribution < -0.4 is 10.1 Å². The van der Waals surface area contributed by atoms with Crippen molar-refractivity contribution < 1.29 is 27.8 Å². The van der Waals surface area contributed by atoms with Gasteiger partial charge in [0.25, 0.3) is 11.7 Å². The molecule has 1 N–H and O–H groups in total. The molecule has 0 aliphatic heterocycles. The second-order valence-corrected chi connectivity index (χ2v) is 7.08. The van der Waals surface area contributed by atoms with Crippen LogP contribution in [0, 0.1) is 6.92 Å². The molecule has 0 aromatic heterocycles. The largest absolute Gasteiger partial charge is 0.496 e. The summed E-state index contributed by atoms with van der Waals surface area (Å²) < 4.78 is 35.1. The second kappa shape index (κ2) is 10.1. The molecule has 0 aliphatic carbocycles. The molecule has 2 aromatic rings. The van der Waals surface area contributed by atoms with Crippen LogP contribution in [0.15, 0.2) is 47.4 Å². The van der Waals surface area contributed by atoms with E-state index in [9.17, 15) is 18.4 Å². The minimum Gasteiger partial charge on any atom is -0.496 e. The van der Waals surface area contributed by atoms with Crippen molar-refractivity contribution in [2.45, 2.75) is 37.0 Å². The molecule has 0 aliphatic rings. The summed E-state index contributed by atoms with van der Waals surface area (Å²) in [6.07, 6.45) is -1.04. The number of aryl methyl sites for hydroxylation is 1. The van der Waals surface area contributed by atoms with Gasteiger partial charge in [0.05, 0.1) is 13.5 Å². The van der Waals surface area contributed by atoms with Crippen molar-refractivity contribution in [1.29, 1.82) is 0 Å². The fourth-order valence-corrected chi connectivity index (χ4v) is 2.96. The van der Waals surface area contributed by atoms with Crippen LogP contribution in [0.1, 0.15) is 18.1 Å². The first-order valence-corrected chi connectivity index (χ1v) is 9.35. The highest BCUT2D eigenvalue weighted by atomic mass is 32.2. The van der Waals surface area contributed by atoms with Crippen molar-refractivity contribution in [3.8, 4) is 5.75 Å². The van der Waals surface area contributed by atoms with Gasteiger partial charge in [0, 0.05) is 16.1 Å². The first-order chi connectivity index (χ1) is 13.3. The maximum Gasteiger partial charge on any atom is 0.311 e. The molecule has 0 saturated carbocycles. The third-order valence-corrected chi connectivity index (χ3v) is 4.52. The average Bonchev–Trinajstić information content (AvgIpc) is 2.63. The van der Waals surface area contributed by atoms with Crippen LogP contribution in [0.4, 0.5) is 14.5 Å². The van der Waals surface area contributed by atoms with Gasteiger partial charge in [-0.2, -0.15) is 8.78 Å². The molecule has 2 aromatic carbocycles. The monoisotopic (exact) mass is 409 g/mol. The van der Waals surface area contributed by atoms with Crippen molar-refractivity contribution in [1.82, 2.24) is 0 Å². The van der Waals surface area contributed by atoms with E-state index in [2.05, 4.69) is 5.32 Å². The van der Waals surface area contributed by atoms with Crippen LogP contribution >= 0.6 is 11.8 Å². The van der Waals surface area contributed by atoms with E-state index in [4.69, 9.17) is 9.47 Å². The number of thioether (sulfide) groups is 1. The molecular formula is C20H21F2NO4S. The maximum atomic E-state index is 12.3. The van der Waals surface area contributed by atoms with Gasteiger partial charge in [0.15, 0.2) is 6.10 Å². The Balaban J connectivity index is 1.91. The van der Waals surface area contributed by atoms with Crippen LogP contribution in [0.25, 0.3) is 0 Å². The van der Waals surface area contributed by atoms with Crippen molar-refractivity contribution in [2.24, 2.45) is 0 Å². The Hall–Kier alpha value is -2.61. The average molecular weight is 409 g/mol. The molecule has 8 heteroatoms. The van der Waals surface area contributed by atoms with Crippen molar-refractivity contribution in [3.63, 3.8) is 0 Å². The molecule has 0 unspecified atom stereocenters. The van der Waals surface area contributed by atoms with Gasteiger partial charge in [0.1, 0.15) is 5.75 Å². The SMILES string of the molecule is COc1ccc(C)cc1CC(=O)O[C@H](C)C(=O)Nc1ccc(SC(F)F)cc1. The fraction of sp³-hybridized carbons (Fsp3) is 0.300. The predicted octanol–water partition coefficient (Wildman–Crippen LogP) is 4.43. The number of benzene rings is 2. The summed E-state index contributed by atoms with van der Waals surface area (Å²) >= 11 is 0.420. The molecule has 0 bridgehead atoms. The lowest BCUT2D eigenvalue weighted by Crippen LogP contribution is -2.30. The first kappa shape index (κ1) is 21.7. The summed E-state index contributed by atoms with van der Waals surface area (Å²) in [6.45, 7) is 3.36. The van der Waals surface area contributed by atoms with Crippen LogP contribution in [-0.4, -0.2) is 30.8 Å². The molecule has 0 spiro atoms. The van der Waals surface area contributed by atoms with Gasteiger partial charge in [-0.1, -0.05) is 29.5 Å². The third-order valence-electron chi connectivity index (χ3n) is 3.80. The first-order valence-electron chi connectivity index (χ1n) is 8.47. The van der Waals surface area contributed by atoms with Gasteiger partial charge >= 0.3 is 5.97 Å². The normalized spacial score (nSPS) is 11.8. The topological polar surface area (TPSA) is 64.6 Å². The number of nitrogens with one attached hydrogen (secondary N) is 1. The number of ether oxygens (including phenoxy) is 2. The molecule has 0 saturated heterocycles. The molecule has 5 nitrogen and oxygen atoms in total. The highest BCUT2D eigenvalue weighted by Crippen LogP contribution is 2.26. The van der Waals surface area contributed by atoms with Gasteiger partial charge in [-0.15, -0.1) is 0 Å². The lowest BCUT2D eigenvalue weighted by Gasteiger charge is -2.15.